The predicted molar refractivity (Wildman–Crippen MR) is 128 cm³/mol. The average Bonchev–Trinajstić information content (AvgIpc) is 3.14. The summed E-state index contributed by atoms with van der Waals surface area (Å²) < 4.78 is 5.12. The van der Waals surface area contributed by atoms with Gasteiger partial charge in [0.05, 0.1) is 6.04 Å². The first-order valence-electron chi connectivity index (χ1n) is 11.4. The second kappa shape index (κ2) is 15.0. The quantitative estimate of drug-likeness (QED) is 0.460. The lowest BCUT2D eigenvalue weighted by molar-refractivity contribution is -0.133. The number of carbonyl (C=O) groups excluding carboxylic acids is 3. The zero-order chi connectivity index (χ0) is 23.9. The Balaban J connectivity index is 0.000000433. The van der Waals surface area contributed by atoms with E-state index in [1.165, 1.54) is 4.90 Å². The second-order valence-corrected chi connectivity index (χ2v) is 8.05. The molecule has 1 aliphatic rings. The number of cyclic esters (lactones) is 1. The number of benzene rings is 1. The molecule has 2 N–H and O–H groups in total. The minimum absolute atomic E-state index is 0.00231. The summed E-state index contributed by atoms with van der Waals surface area (Å²) in [4.78, 5) is 36.7. The fourth-order valence-electron chi connectivity index (χ4n) is 3.78. The number of nitrogens with two attached hydrogens (primary N) is 1. The minimum Gasteiger partial charge on any atom is -0.447 e. The Hall–Kier alpha value is -2.89. The molecule has 1 heterocycles. The Kier molecular flexibility index (Phi) is 12.7. The number of hydrogen-bond donors (Lipinski definition) is 1. The van der Waals surface area contributed by atoms with Gasteiger partial charge in [-0.1, -0.05) is 69.2 Å². The molecule has 0 aromatic heterocycles. The Morgan fingerprint density at radius 3 is 2.19 bits per heavy atom. The number of imide groups is 1. The highest BCUT2D eigenvalue weighted by Crippen LogP contribution is 2.23. The van der Waals surface area contributed by atoms with Crippen LogP contribution in [-0.2, 0) is 20.7 Å². The van der Waals surface area contributed by atoms with E-state index in [0.29, 0.717) is 19.3 Å². The van der Waals surface area contributed by atoms with Gasteiger partial charge in [0.2, 0.25) is 11.8 Å². The van der Waals surface area contributed by atoms with Crippen molar-refractivity contribution in [2.75, 3.05) is 6.61 Å². The molecular formula is C26H38N2O4. The van der Waals surface area contributed by atoms with Crippen LogP contribution in [0.1, 0.15) is 57.9 Å². The monoisotopic (exact) mass is 442 g/mol. The smallest absolute Gasteiger partial charge is 0.416 e. The molecule has 32 heavy (non-hydrogen) atoms. The molecular weight excluding hydrogens is 404 g/mol. The molecule has 0 radical (unpaired) electrons. The number of hydrogen-bond acceptors (Lipinski definition) is 4. The van der Waals surface area contributed by atoms with Crippen molar-refractivity contribution in [3.05, 3.63) is 61.2 Å². The minimum atomic E-state index is -0.518. The lowest BCUT2D eigenvalue weighted by Crippen LogP contribution is -2.43. The molecule has 6 heteroatoms. The van der Waals surface area contributed by atoms with Gasteiger partial charge in [-0.25, -0.2) is 9.69 Å². The second-order valence-electron chi connectivity index (χ2n) is 8.05. The largest absolute Gasteiger partial charge is 0.447 e. The number of carbonyl (C=O) groups is 3. The first-order chi connectivity index (χ1) is 15.4. The van der Waals surface area contributed by atoms with E-state index in [9.17, 15) is 14.4 Å². The van der Waals surface area contributed by atoms with Crippen LogP contribution < -0.4 is 5.73 Å². The van der Waals surface area contributed by atoms with E-state index in [-0.39, 0.29) is 36.3 Å². The van der Waals surface area contributed by atoms with E-state index >= 15 is 0 Å². The molecule has 0 unspecified atom stereocenters. The van der Waals surface area contributed by atoms with E-state index in [0.717, 1.165) is 31.2 Å². The highest BCUT2D eigenvalue weighted by atomic mass is 16.6. The van der Waals surface area contributed by atoms with Gasteiger partial charge in [0, 0.05) is 11.8 Å². The molecule has 1 aromatic carbocycles. The summed E-state index contributed by atoms with van der Waals surface area (Å²) in [6.45, 7) is 11.6. The van der Waals surface area contributed by atoms with E-state index in [1.807, 2.05) is 44.2 Å². The number of allylic oxidation sites excluding steroid dienone is 2. The molecule has 3 amide bonds. The Labute approximate surface area is 192 Å². The van der Waals surface area contributed by atoms with Crippen molar-refractivity contribution in [3.63, 3.8) is 0 Å². The fourth-order valence-corrected chi connectivity index (χ4v) is 3.78. The summed E-state index contributed by atoms with van der Waals surface area (Å²) in [7, 11) is 0. The Bertz CT molecular complexity index is 747. The summed E-state index contributed by atoms with van der Waals surface area (Å²) in [5.41, 5.74) is 6.22. The van der Waals surface area contributed by atoms with Gasteiger partial charge in [0.15, 0.2) is 0 Å². The third-order valence-electron chi connectivity index (χ3n) is 5.44. The molecule has 1 saturated heterocycles. The molecule has 0 aliphatic carbocycles. The number of ether oxygens (including phenoxy) is 1. The highest BCUT2D eigenvalue weighted by Gasteiger charge is 2.40. The highest BCUT2D eigenvalue weighted by molar-refractivity contribution is 5.94. The lowest BCUT2D eigenvalue weighted by Gasteiger charge is -2.24. The topological polar surface area (TPSA) is 89.7 Å². The maximum atomic E-state index is 12.7. The lowest BCUT2D eigenvalue weighted by atomic mass is 9.97. The zero-order valence-electron chi connectivity index (χ0n) is 19.5. The van der Waals surface area contributed by atoms with Crippen LogP contribution in [0.4, 0.5) is 4.79 Å². The molecule has 0 saturated carbocycles. The molecule has 0 bridgehead atoms. The van der Waals surface area contributed by atoms with Gasteiger partial charge in [0.1, 0.15) is 6.61 Å². The van der Waals surface area contributed by atoms with Crippen molar-refractivity contribution < 1.29 is 19.1 Å². The molecule has 0 spiro atoms. The summed E-state index contributed by atoms with van der Waals surface area (Å²) in [5.74, 6) is -0.527. The molecule has 1 aliphatic heterocycles. The van der Waals surface area contributed by atoms with Gasteiger partial charge in [0.25, 0.3) is 0 Å². The van der Waals surface area contributed by atoms with Crippen molar-refractivity contribution in [3.8, 4) is 0 Å². The maximum Gasteiger partial charge on any atom is 0.416 e. The number of primary amides is 1. The van der Waals surface area contributed by atoms with E-state index < -0.39 is 6.09 Å². The summed E-state index contributed by atoms with van der Waals surface area (Å²) >= 11 is 0. The van der Waals surface area contributed by atoms with Gasteiger partial charge < -0.3 is 10.5 Å². The normalized spacial score (nSPS) is 16.9. The van der Waals surface area contributed by atoms with Crippen LogP contribution in [0.25, 0.3) is 0 Å². The number of amides is 3. The molecule has 6 nitrogen and oxygen atoms in total. The van der Waals surface area contributed by atoms with Crippen LogP contribution in [-0.4, -0.2) is 35.5 Å². The predicted octanol–water partition coefficient (Wildman–Crippen LogP) is 5.03. The molecule has 1 aromatic rings. The Morgan fingerprint density at radius 2 is 1.66 bits per heavy atom. The van der Waals surface area contributed by atoms with Crippen molar-refractivity contribution in [1.29, 1.82) is 0 Å². The third-order valence-corrected chi connectivity index (χ3v) is 5.44. The van der Waals surface area contributed by atoms with E-state index in [1.54, 1.807) is 12.2 Å². The van der Waals surface area contributed by atoms with Crippen molar-refractivity contribution in [1.82, 2.24) is 4.90 Å². The maximum absolute atomic E-state index is 12.7. The SMILES string of the molecule is C=CC[C@@H](CCC)C(=O)N1C(=O)OC[C@@H]1Cc1ccccc1.C=CC[C@@H](CCC)C(N)=O. The first-order valence-corrected chi connectivity index (χ1v) is 11.4. The molecule has 1 fully saturated rings. The summed E-state index contributed by atoms with van der Waals surface area (Å²) in [5, 5.41) is 0. The van der Waals surface area contributed by atoms with Gasteiger partial charge in [-0.2, -0.15) is 0 Å². The number of rotatable bonds is 12. The molecule has 3 atom stereocenters. The van der Waals surface area contributed by atoms with Crippen LogP contribution in [0, 0.1) is 11.8 Å². The van der Waals surface area contributed by atoms with Crippen LogP contribution in [0.2, 0.25) is 0 Å². The van der Waals surface area contributed by atoms with Gasteiger partial charge in [-0.3, -0.25) is 9.59 Å². The van der Waals surface area contributed by atoms with Crippen LogP contribution in [0.5, 0.6) is 0 Å². The standard InChI is InChI=1S/C18H23NO3.C8H15NO/c1-3-8-15(9-4-2)17(20)19-16(13-22-18(19)21)12-14-10-6-5-7-11-14;1-3-5-7(6-4-2)8(9)10/h3,5-7,10-11,15-16H,1,4,8-9,12-13H2,2H3;3,7H,1,4-6H2,2H3,(H2,9,10)/t15-,16-;7-/m00/s1. The number of nitrogens with zero attached hydrogens (tertiary/aromatic N) is 1. The van der Waals surface area contributed by atoms with Crippen molar-refractivity contribution >= 4 is 17.9 Å². The zero-order valence-corrected chi connectivity index (χ0v) is 19.5. The van der Waals surface area contributed by atoms with E-state index in [2.05, 4.69) is 13.2 Å². The summed E-state index contributed by atoms with van der Waals surface area (Å²) in [6.07, 6.45) is 8.43. The fraction of sp³-hybridized carbons (Fsp3) is 0.500. The van der Waals surface area contributed by atoms with Crippen molar-refractivity contribution in [2.24, 2.45) is 17.6 Å². The van der Waals surface area contributed by atoms with Crippen molar-refractivity contribution in [2.45, 2.75) is 64.8 Å². The average molecular weight is 443 g/mol. The molecule has 176 valence electrons. The summed E-state index contributed by atoms with van der Waals surface area (Å²) in [6, 6.07) is 9.64. The van der Waals surface area contributed by atoms with Crippen LogP contribution >= 0.6 is 0 Å². The van der Waals surface area contributed by atoms with E-state index in [4.69, 9.17) is 10.5 Å². The molecule has 2 rings (SSSR count). The Morgan fingerprint density at radius 1 is 1.09 bits per heavy atom. The van der Waals surface area contributed by atoms with Gasteiger partial charge in [-0.05, 0) is 37.7 Å². The van der Waals surface area contributed by atoms with Gasteiger partial charge >= 0.3 is 6.09 Å². The third kappa shape index (κ3) is 8.69. The van der Waals surface area contributed by atoms with Crippen LogP contribution in [0.15, 0.2) is 55.6 Å². The van der Waals surface area contributed by atoms with Crippen LogP contribution in [0.3, 0.4) is 0 Å². The first kappa shape index (κ1) is 27.1. The van der Waals surface area contributed by atoms with Gasteiger partial charge in [-0.15, -0.1) is 13.2 Å².